The number of hydrogen-bond acceptors (Lipinski definition) is 2. The molecule has 2 unspecified atom stereocenters. The van der Waals surface area contributed by atoms with Crippen LogP contribution < -0.4 is 0 Å². The summed E-state index contributed by atoms with van der Waals surface area (Å²) in [4.78, 5) is 0. The molecule has 0 fully saturated rings. The first-order valence-corrected chi connectivity index (χ1v) is 10.3. The van der Waals surface area contributed by atoms with Gasteiger partial charge in [0.2, 0.25) is 5.67 Å². The Morgan fingerprint density at radius 2 is 1.48 bits per heavy atom. The molecule has 0 aromatic heterocycles. The molecule has 2 atom stereocenters. The molecule has 0 saturated carbocycles. The monoisotopic (exact) mass is 432 g/mol. The number of rotatable bonds is 3. The molecule has 0 spiro atoms. The molecule has 0 radical (unpaired) electrons. The zero-order valence-electron chi connectivity index (χ0n) is 13.9. The van der Waals surface area contributed by atoms with E-state index < -0.39 is 41.9 Å². The Labute approximate surface area is 164 Å². The standard InChI is InChI=1S/C19H13Cl2F3O2S/c1-27(25,26)18(13-9-14(20)17(23)15(21)10-13)7-8-19(24,16(22)11-18)12-5-3-2-4-6-12/h2-11H,1H3. The first-order chi connectivity index (χ1) is 12.5. The van der Waals surface area contributed by atoms with E-state index in [1.54, 1.807) is 6.07 Å². The topological polar surface area (TPSA) is 34.1 Å². The van der Waals surface area contributed by atoms with Crippen LogP contribution in [0.2, 0.25) is 10.0 Å². The molecule has 142 valence electrons. The maximum absolute atomic E-state index is 15.3. The van der Waals surface area contributed by atoms with Gasteiger partial charge in [0.05, 0.1) is 10.0 Å². The van der Waals surface area contributed by atoms with Crippen molar-refractivity contribution in [1.29, 1.82) is 0 Å². The van der Waals surface area contributed by atoms with Gasteiger partial charge in [-0.15, -0.1) is 0 Å². The summed E-state index contributed by atoms with van der Waals surface area (Å²) in [6.07, 6.45) is 3.39. The molecule has 1 aliphatic carbocycles. The van der Waals surface area contributed by atoms with E-state index >= 15 is 4.39 Å². The Balaban J connectivity index is 2.25. The van der Waals surface area contributed by atoms with Gasteiger partial charge >= 0.3 is 0 Å². The third kappa shape index (κ3) is 3.20. The minimum absolute atomic E-state index is 0.00673. The average Bonchev–Trinajstić information content (AvgIpc) is 2.61. The summed E-state index contributed by atoms with van der Waals surface area (Å²) in [5.41, 5.74) is -2.71. The molecule has 0 aliphatic heterocycles. The molecule has 0 amide bonds. The van der Waals surface area contributed by atoms with Crippen LogP contribution in [0, 0.1) is 5.82 Å². The normalized spacial score (nSPS) is 25.3. The van der Waals surface area contributed by atoms with Crippen molar-refractivity contribution in [1.82, 2.24) is 0 Å². The van der Waals surface area contributed by atoms with Crippen LogP contribution in [0.25, 0.3) is 0 Å². The van der Waals surface area contributed by atoms with Crippen LogP contribution in [0.5, 0.6) is 0 Å². The van der Waals surface area contributed by atoms with E-state index in [2.05, 4.69) is 0 Å². The molecule has 3 rings (SSSR count). The van der Waals surface area contributed by atoms with Gasteiger partial charge in [0.25, 0.3) is 0 Å². The summed E-state index contributed by atoms with van der Waals surface area (Å²) in [7, 11) is -4.06. The van der Waals surface area contributed by atoms with E-state index in [0.29, 0.717) is 6.08 Å². The minimum Gasteiger partial charge on any atom is -0.228 e. The van der Waals surface area contributed by atoms with E-state index in [4.69, 9.17) is 23.2 Å². The summed E-state index contributed by atoms with van der Waals surface area (Å²) in [5, 5.41) is -0.856. The molecule has 2 aromatic carbocycles. The van der Waals surface area contributed by atoms with Crippen molar-refractivity contribution in [3.05, 3.63) is 93.5 Å². The van der Waals surface area contributed by atoms with Crippen molar-refractivity contribution in [2.24, 2.45) is 0 Å². The van der Waals surface area contributed by atoms with Gasteiger partial charge in [-0.1, -0.05) is 59.6 Å². The maximum Gasteiger partial charge on any atom is 0.205 e. The summed E-state index contributed by atoms with van der Waals surface area (Å²) >= 11 is 11.5. The molecule has 2 nitrogen and oxygen atoms in total. The number of allylic oxidation sites excluding steroid dienone is 2. The number of sulfone groups is 1. The van der Waals surface area contributed by atoms with E-state index in [1.165, 1.54) is 24.3 Å². The summed E-state index contributed by atoms with van der Waals surface area (Å²) in [6, 6.07) is 9.56. The third-order valence-corrected chi connectivity index (χ3v) is 6.76. The average molecular weight is 433 g/mol. The third-order valence-electron chi connectivity index (χ3n) is 4.49. The Morgan fingerprint density at radius 3 is 1.96 bits per heavy atom. The second kappa shape index (κ2) is 6.69. The lowest BCUT2D eigenvalue weighted by atomic mass is 9.84. The Bertz CT molecular complexity index is 1040. The fourth-order valence-electron chi connectivity index (χ4n) is 2.98. The fraction of sp³-hybridized carbons (Fsp3) is 0.158. The van der Waals surface area contributed by atoms with E-state index in [9.17, 15) is 17.2 Å². The first kappa shape index (κ1) is 20.0. The van der Waals surface area contributed by atoms with Gasteiger partial charge in [-0.05, 0) is 35.4 Å². The Hall–Kier alpha value is -1.76. The van der Waals surface area contributed by atoms with Crippen molar-refractivity contribution in [2.45, 2.75) is 10.4 Å². The lowest BCUT2D eigenvalue weighted by Crippen LogP contribution is -2.36. The van der Waals surface area contributed by atoms with Gasteiger partial charge in [-0.3, -0.25) is 0 Å². The van der Waals surface area contributed by atoms with Crippen LogP contribution >= 0.6 is 23.2 Å². The number of halogens is 5. The van der Waals surface area contributed by atoms with Gasteiger partial charge < -0.3 is 0 Å². The van der Waals surface area contributed by atoms with Gasteiger partial charge in [-0.25, -0.2) is 21.6 Å². The molecule has 0 saturated heterocycles. The highest BCUT2D eigenvalue weighted by atomic mass is 35.5. The predicted octanol–water partition coefficient (Wildman–Crippen LogP) is 5.66. The molecule has 0 bridgehead atoms. The summed E-state index contributed by atoms with van der Waals surface area (Å²) in [5.74, 6) is -2.24. The van der Waals surface area contributed by atoms with Crippen LogP contribution in [-0.2, 0) is 20.3 Å². The molecular formula is C19H13Cl2F3O2S. The Morgan fingerprint density at radius 1 is 0.926 bits per heavy atom. The van der Waals surface area contributed by atoms with Crippen LogP contribution in [-0.4, -0.2) is 14.7 Å². The molecule has 0 N–H and O–H groups in total. The van der Waals surface area contributed by atoms with Crippen molar-refractivity contribution >= 4 is 33.0 Å². The second-order valence-electron chi connectivity index (χ2n) is 6.22. The number of benzene rings is 2. The zero-order chi connectivity index (χ0) is 20.0. The van der Waals surface area contributed by atoms with Gasteiger partial charge in [0, 0.05) is 6.26 Å². The first-order valence-electron chi connectivity index (χ1n) is 7.69. The highest BCUT2D eigenvalue weighted by molar-refractivity contribution is 7.92. The second-order valence-corrected chi connectivity index (χ2v) is 9.26. The minimum atomic E-state index is -4.06. The van der Waals surface area contributed by atoms with Crippen LogP contribution in [0.15, 0.2) is 66.5 Å². The van der Waals surface area contributed by atoms with Crippen LogP contribution in [0.4, 0.5) is 13.2 Å². The SMILES string of the molecule is CS(=O)(=O)C1(c2cc(Cl)c(F)c(Cl)c2)C=CC(F)(c2ccccc2)C(F)=C1. The van der Waals surface area contributed by atoms with Gasteiger partial charge in [0.1, 0.15) is 10.6 Å². The highest BCUT2D eigenvalue weighted by Gasteiger charge is 2.48. The summed E-state index contributed by atoms with van der Waals surface area (Å²) in [6.45, 7) is 0. The molecule has 27 heavy (non-hydrogen) atoms. The fourth-order valence-corrected chi connectivity index (χ4v) is 4.65. The predicted molar refractivity (Wildman–Crippen MR) is 101 cm³/mol. The van der Waals surface area contributed by atoms with E-state index in [1.807, 2.05) is 0 Å². The lowest BCUT2D eigenvalue weighted by Gasteiger charge is -2.33. The van der Waals surface area contributed by atoms with Crippen LogP contribution in [0.1, 0.15) is 11.1 Å². The summed E-state index contributed by atoms with van der Waals surface area (Å²) < 4.78 is 67.0. The molecule has 8 heteroatoms. The molecule has 1 aliphatic rings. The quantitative estimate of drug-likeness (QED) is 0.463. The Kier molecular flexibility index (Phi) is 4.95. The number of alkyl halides is 1. The van der Waals surface area contributed by atoms with Gasteiger partial charge in [-0.2, -0.15) is 0 Å². The van der Waals surface area contributed by atoms with Crippen molar-refractivity contribution in [3.8, 4) is 0 Å². The highest BCUT2D eigenvalue weighted by Crippen LogP contribution is 2.47. The lowest BCUT2D eigenvalue weighted by molar-refractivity contribution is 0.232. The smallest absolute Gasteiger partial charge is 0.205 e. The zero-order valence-corrected chi connectivity index (χ0v) is 16.2. The van der Waals surface area contributed by atoms with Crippen molar-refractivity contribution in [3.63, 3.8) is 0 Å². The molecular weight excluding hydrogens is 420 g/mol. The molecule has 0 heterocycles. The van der Waals surface area contributed by atoms with Gasteiger partial charge in [0.15, 0.2) is 15.7 Å². The van der Waals surface area contributed by atoms with Crippen molar-refractivity contribution in [2.75, 3.05) is 6.26 Å². The maximum atomic E-state index is 15.3. The number of hydrogen-bond donors (Lipinski definition) is 0. The van der Waals surface area contributed by atoms with Crippen LogP contribution in [0.3, 0.4) is 0 Å². The van der Waals surface area contributed by atoms with E-state index in [0.717, 1.165) is 30.5 Å². The largest absolute Gasteiger partial charge is 0.228 e. The van der Waals surface area contributed by atoms with Crippen molar-refractivity contribution < 1.29 is 21.6 Å². The molecule has 2 aromatic rings. The van der Waals surface area contributed by atoms with E-state index in [-0.39, 0.29) is 11.1 Å².